The number of nitrogens with zero attached hydrogens (tertiary/aromatic N) is 5. The van der Waals surface area contributed by atoms with Gasteiger partial charge in [-0.05, 0) is 61.7 Å². The number of fused-ring (bicyclic) bond motifs is 1. The van der Waals surface area contributed by atoms with E-state index in [-0.39, 0.29) is 17.9 Å². The van der Waals surface area contributed by atoms with Gasteiger partial charge in [0.1, 0.15) is 18.2 Å². The summed E-state index contributed by atoms with van der Waals surface area (Å²) in [7, 11) is 0. The van der Waals surface area contributed by atoms with Gasteiger partial charge >= 0.3 is 0 Å². The molecule has 1 aliphatic heterocycles. The average molecular weight is 514 g/mol. The SMILES string of the molecule is C=Cc1ccc(OCC2CCc3nc(-c4ccc(F)cc4)c(-c4ccnc(NCCC)n4)n32)nc1C(C)N. The summed E-state index contributed by atoms with van der Waals surface area (Å²) in [6, 6.07) is 11.8. The maximum atomic E-state index is 13.7. The van der Waals surface area contributed by atoms with Crippen molar-refractivity contribution in [1.29, 1.82) is 0 Å². The quantitative estimate of drug-likeness (QED) is 0.285. The monoisotopic (exact) mass is 513 g/mol. The number of imidazole rings is 1. The highest BCUT2D eigenvalue weighted by Gasteiger charge is 2.31. The molecule has 8 nitrogen and oxygen atoms in total. The third-order valence-electron chi connectivity index (χ3n) is 6.61. The molecule has 1 aliphatic rings. The van der Waals surface area contributed by atoms with E-state index >= 15 is 0 Å². The van der Waals surface area contributed by atoms with E-state index in [0.717, 1.165) is 65.5 Å². The molecule has 4 heterocycles. The summed E-state index contributed by atoms with van der Waals surface area (Å²) in [6.45, 7) is 9.01. The number of nitrogens with two attached hydrogens (primary N) is 1. The first kappa shape index (κ1) is 25.5. The van der Waals surface area contributed by atoms with Crippen LogP contribution in [0.4, 0.5) is 10.3 Å². The second-order valence-electron chi connectivity index (χ2n) is 9.41. The van der Waals surface area contributed by atoms with E-state index in [1.165, 1.54) is 12.1 Å². The van der Waals surface area contributed by atoms with Gasteiger partial charge in [-0.25, -0.2) is 24.3 Å². The van der Waals surface area contributed by atoms with Gasteiger partial charge in [-0.15, -0.1) is 0 Å². The summed E-state index contributed by atoms with van der Waals surface area (Å²) < 4.78 is 22.1. The van der Waals surface area contributed by atoms with Gasteiger partial charge < -0.3 is 20.4 Å². The number of aryl methyl sites for hydroxylation is 1. The third-order valence-corrected chi connectivity index (χ3v) is 6.61. The second kappa shape index (κ2) is 11.1. The molecule has 0 spiro atoms. The van der Waals surface area contributed by atoms with Gasteiger partial charge in [0.05, 0.1) is 28.8 Å². The maximum Gasteiger partial charge on any atom is 0.223 e. The van der Waals surface area contributed by atoms with Crippen LogP contribution in [0.5, 0.6) is 5.88 Å². The van der Waals surface area contributed by atoms with Gasteiger partial charge in [0.25, 0.3) is 0 Å². The molecule has 0 saturated carbocycles. The Balaban J connectivity index is 1.51. The van der Waals surface area contributed by atoms with Crippen molar-refractivity contribution >= 4 is 12.0 Å². The lowest BCUT2D eigenvalue weighted by Gasteiger charge is -2.19. The van der Waals surface area contributed by atoms with E-state index in [4.69, 9.17) is 20.4 Å². The number of halogens is 1. The van der Waals surface area contributed by atoms with Crippen molar-refractivity contribution < 1.29 is 9.13 Å². The Morgan fingerprint density at radius 3 is 2.74 bits per heavy atom. The van der Waals surface area contributed by atoms with E-state index in [1.807, 2.05) is 25.1 Å². The topological polar surface area (TPSA) is 104 Å². The fraction of sp³-hybridized carbons (Fsp3) is 0.310. The Morgan fingerprint density at radius 2 is 2.00 bits per heavy atom. The molecule has 3 aromatic heterocycles. The standard InChI is InChI=1S/C29H32FN7O/c1-4-15-32-29-33-16-14-23(34-29)28-27(20-6-9-21(30)10-7-20)35-24-12-11-22(37(24)28)17-38-25-13-8-19(5-2)26(36-25)18(3)31/h5-10,13-14,16,18,22H,2,4,11-12,15,17,31H2,1,3H3,(H,32,33,34). The van der Waals surface area contributed by atoms with Crippen molar-refractivity contribution in [3.63, 3.8) is 0 Å². The molecule has 1 aromatic carbocycles. The molecular formula is C29H32FN7O. The van der Waals surface area contributed by atoms with Crippen molar-refractivity contribution in [2.75, 3.05) is 18.5 Å². The lowest BCUT2D eigenvalue weighted by molar-refractivity contribution is 0.246. The van der Waals surface area contributed by atoms with Crippen LogP contribution < -0.4 is 15.8 Å². The molecule has 5 rings (SSSR count). The minimum atomic E-state index is -0.289. The first-order valence-corrected chi connectivity index (χ1v) is 12.9. The van der Waals surface area contributed by atoms with Crippen LogP contribution in [-0.2, 0) is 6.42 Å². The van der Waals surface area contributed by atoms with Crippen LogP contribution in [0.2, 0.25) is 0 Å². The highest BCUT2D eigenvalue weighted by Crippen LogP contribution is 2.39. The van der Waals surface area contributed by atoms with Crippen LogP contribution in [-0.4, -0.2) is 37.7 Å². The van der Waals surface area contributed by atoms with E-state index in [1.54, 1.807) is 24.4 Å². The number of ether oxygens (including phenoxy) is 1. The summed E-state index contributed by atoms with van der Waals surface area (Å²) in [6.07, 6.45) is 6.12. The van der Waals surface area contributed by atoms with Crippen molar-refractivity contribution in [1.82, 2.24) is 24.5 Å². The fourth-order valence-corrected chi connectivity index (χ4v) is 4.76. The Labute approximate surface area is 221 Å². The molecule has 0 bridgehead atoms. The molecule has 196 valence electrons. The zero-order valence-electron chi connectivity index (χ0n) is 21.7. The number of anilines is 1. The molecule has 38 heavy (non-hydrogen) atoms. The highest BCUT2D eigenvalue weighted by atomic mass is 19.1. The number of hydrogen-bond acceptors (Lipinski definition) is 7. The van der Waals surface area contributed by atoms with E-state index in [0.29, 0.717) is 18.4 Å². The van der Waals surface area contributed by atoms with Gasteiger partial charge in [-0.1, -0.05) is 19.6 Å². The minimum absolute atomic E-state index is 0.0170. The summed E-state index contributed by atoms with van der Waals surface area (Å²) >= 11 is 0. The van der Waals surface area contributed by atoms with Crippen LogP contribution in [0.1, 0.15) is 55.9 Å². The lowest BCUT2D eigenvalue weighted by atomic mass is 10.1. The lowest BCUT2D eigenvalue weighted by Crippen LogP contribution is -2.17. The summed E-state index contributed by atoms with van der Waals surface area (Å²) in [4.78, 5) is 18.8. The number of aromatic nitrogens is 5. The van der Waals surface area contributed by atoms with Crippen LogP contribution in [0.3, 0.4) is 0 Å². The smallest absolute Gasteiger partial charge is 0.223 e. The van der Waals surface area contributed by atoms with Crippen molar-refractivity contribution in [2.24, 2.45) is 5.73 Å². The van der Waals surface area contributed by atoms with Crippen LogP contribution in [0.15, 0.2) is 55.2 Å². The number of hydrogen-bond donors (Lipinski definition) is 2. The highest BCUT2D eigenvalue weighted by molar-refractivity contribution is 5.78. The van der Waals surface area contributed by atoms with Crippen LogP contribution in [0.25, 0.3) is 28.7 Å². The van der Waals surface area contributed by atoms with Gasteiger partial charge in [-0.2, -0.15) is 0 Å². The van der Waals surface area contributed by atoms with Crippen LogP contribution >= 0.6 is 0 Å². The van der Waals surface area contributed by atoms with Crippen molar-refractivity contribution in [3.8, 4) is 28.5 Å². The fourth-order valence-electron chi connectivity index (χ4n) is 4.76. The minimum Gasteiger partial charge on any atom is -0.475 e. The van der Waals surface area contributed by atoms with E-state index in [9.17, 15) is 4.39 Å². The molecule has 0 radical (unpaired) electrons. The zero-order chi connectivity index (χ0) is 26.6. The Morgan fingerprint density at radius 1 is 1.18 bits per heavy atom. The summed E-state index contributed by atoms with van der Waals surface area (Å²) in [5.74, 6) is 1.74. The molecule has 2 unspecified atom stereocenters. The first-order valence-electron chi connectivity index (χ1n) is 12.9. The van der Waals surface area contributed by atoms with Crippen LogP contribution in [0, 0.1) is 5.82 Å². The van der Waals surface area contributed by atoms with Crippen molar-refractivity contribution in [2.45, 2.75) is 45.2 Å². The number of nitrogens with one attached hydrogen (secondary N) is 1. The third kappa shape index (κ3) is 5.15. The van der Waals surface area contributed by atoms with E-state index in [2.05, 4.69) is 33.4 Å². The van der Waals surface area contributed by atoms with Gasteiger partial charge in [0.15, 0.2) is 0 Å². The normalized spacial score (nSPS) is 15.2. The summed E-state index contributed by atoms with van der Waals surface area (Å²) in [5, 5.41) is 3.26. The predicted octanol–water partition coefficient (Wildman–Crippen LogP) is 5.59. The number of pyridine rings is 1. The second-order valence-corrected chi connectivity index (χ2v) is 9.41. The average Bonchev–Trinajstić information content (AvgIpc) is 3.50. The van der Waals surface area contributed by atoms with Crippen molar-refractivity contribution in [3.05, 3.63) is 78.1 Å². The molecule has 2 atom stereocenters. The molecule has 9 heteroatoms. The van der Waals surface area contributed by atoms with Gasteiger partial charge in [0.2, 0.25) is 11.8 Å². The number of benzene rings is 1. The maximum absolute atomic E-state index is 13.7. The molecule has 3 N–H and O–H groups in total. The molecule has 4 aromatic rings. The zero-order valence-corrected chi connectivity index (χ0v) is 21.7. The molecule has 0 saturated heterocycles. The Hall–Kier alpha value is -4.11. The van der Waals surface area contributed by atoms with Gasteiger partial charge in [-0.3, -0.25) is 0 Å². The first-order chi connectivity index (χ1) is 18.5. The predicted molar refractivity (Wildman–Crippen MR) is 147 cm³/mol. The Bertz CT molecular complexity index is 1430. The summed E-state index contributed by atoms with van der Waals surface area (Å²) in [5.41, 5.74) is 11.0. The largest absolute Gasteiger partial charge is 0.475 e. The van der Waals surface area contributed by atoms with Gasteiger partial charge in [0, 0.05) is 36.8 Å². The molecule has 0 amide bonds. The number of rotatable bonds is 10. The molecule has 0 aliphatic carbocycles. The molecule has 0 fully saturated rings. The molecular weight excluding hydrogens is 481 g/mol. The van der Waals surface area contributed by atoms with E-state index < -0.39 is 0 Å². The Kier molecular flexibility index (Phi) is 7.46.